The normalized spacial score (nSPS) is 25.6. The number of primary amides is 1. The Bertz CT molecular complexity index is 2520. The minimum atomic E-state index is -2.39. The number of nitrogens with two attached hydrogens (primary N) is 1. The van der Waals surface area contributed by atoms with Crippen LogP contribution in [0.15, 0.2) is 23.2 Å². The first kappa shape index (κ1) is 62.1. The molecular formula is C50H75N11O16S. The molecule has 1 saturated heterocycles. The number of unbranched alkanes of at least 4 members (excludes halogenated alkanes) is 3. The number of carbonyl (C=O) groups is 10. The predicted octanol–water partition coefficient (Wildman–Crippen LogP) is -3.16. The highest BCUT2D eigenvalue weighted by Gasteiger charge is 2.45. The summed E-state index contributed by atoms with van der Waals surface area (Å²) in [6.07, 6.45) is -2.11. The van der Waals surface area contributed by atoms with Crippen molar-refractivity contribution in [2.75, 3.05) is 45.1 Å². The van der Waals surface area contributed by atoms with Crippen LogP contribution in [-0.2, 0) is 65.5 Å². The Morgan fingerprint density at radius 3 is 2.22 bits per heavy atom. The zero-order valence-corrected chi connectivity index (χ0v) is 45.5. The summed E-state index contributed by atoms with van der Waals surface area (Å²) in [7, 11) is 0. The largest absolute Gasteiger partial charge is 0.610 e. The molecule has 0 saturated carbocycles. The van der Waals surface area contributed by atoms with E-state index in [1.54, 1.807) is 52.8 Å². The van der Waals surface area contributed by atoms with E-state index in [-0.39, 0.29) is 17.2 Å². The highest BCUT2D eigenvalue weighted by atomic mass is 32.2. The van der Waals surface area contributed by atoms with Gasteiger partial charge in [-0.1, -0.05) is 40.0 Å². The molecule has 3 aliphatic heterocycles. The zero-order chi connectivity index (χ0) is 57.6. The van der Waals surface area contributed by atoms with Gasteiger partial charge in [-0.25, -0.2) is 4.79 Å². The van der Waals surface area contributed by atoms with E-state index in [0.29, 0.717) is 42.5 Å². The number of hydrogen-bond donors (Lipinski definition) is 13. The van der Waals surface area contributed by atoms with E-state index < -0.39 is 188 Å². The molecule has 11 atom stereocenters. The van der Waals surface area contributed by atoms with Crippen molar-refractivity contribution in [2.45, 2.75) is 152 Å². The summed E-state index contributed by atoms with van der Waals surface area (Å²) in [4.78, 5) is 142. The number of benzene rings is 1. The Kier molecular flexibility index (Phi) is 22.5. The second-order valence-corrected chi connectivity index (χ2v) is 22.3. The lowest BCUT2D eigenvalue weighted by Gasteiger charge is -2.32. The summed E-state index contributed by atoms with van der Waals surface area (Å²) in [6, 6.07) is -5.23. The van der Waals surface area contributed by atoms with Crippen LogP contribution < -0.4 is 53.0 Å². The Morgan fingerprint density at radius 1 is 0.872 bits per heavy atom. The number of aromatic amines is 1. The molecule has 27 nitrogen and oxygen atoms in total. The summed E-state index contributed by atoms with van der Waals surface area (Å²) < 4.78 is 26.3. The second-order valence-electron chi connectivity index (χ2n) is 20.8. The molecule has 1 aromatic heterocycles. The first-order valence-electron chi connectivity index (χ1n) is 26.0. The summed E-state index contributed by atoms with van der Waals surface area (Å²) in [5.74, 6) is -11.4. The summed E-state index contributed by atoms with van der Waals surface area (Å²) >= 11 is -2.39. The lowest BCUT2D eigenvalue weighted by atomic mass is 9.93. The van der Waals surface area contributed by atoms with Crippen LogP contribution in [0.25, 0.3) is 10.9 Å². The average Bonchev–Trinajstić information content (AvgIpc) is 3.97. The van der Waals surface area contributed by atoms with Gasteiger partial charge in [-0.15, -0.1) is 0 Å². The van der Waals surface area contributed by atoms with Crippen LogP contribution in [0.5, 0.6) is 5.75 Å². The van der Waals surface area contributed by atoms with Crippen LogP contribution in [0.1, 0.15) is 92.1 Å². The minimum absolute atomic E-state index is 0.123. The molecule has 2 bridgehead atoms. The standard InChI is InChI=1S/C50H75N11O16S/c1-7-25(2)40-45(71)54-20-38(66)55-34-24-78(75)47-30(29-13-12-28(17-31(29)58-47)76-15-11-9-8-10-14-52-49(74)77-50(4,5)6)18-32(42(68)53-21-39(67)59-40)56-46(72)41(26(3)36(64)23-62)60-44(70)35-16-27(63)22-61(35)48(73)33(19-37(51)65)57-43(34)69/h12-13,17,25-27,32-36,40-41,58,62-64H,7-11,14-16,18-24H2,1-6H3,(H2,51,65)(H,52,74)(H,53,68)(H,54,71)(H,55,66)(H,56,72)(H,57,69)(H,59,67)(H,60,70)/t25-,26-,27+,32?,33-,34?,35-,36-,40-,41-,78?/m0/s1. The lowest BCUT2D eigenvalue weighted by Crippen LogP contribution is -2.62. The number of carbonyl (C=O) groups excluding carboxylic acids is 10. The van der Waals surface area contributed by atoms with E-state index in [1.807, 2.05) is 0 Å². The molecule has 5 rings (SSSR count). The second kappa shape index (κ2) is 28.2. The molecule has 10 amide bonds. The van der Waals surface area contributed by atoms with E-state index in [2.05, 4.69) is 47.5 Å². The SMILES string of the molecule is CC[C@H](C)[C@@H]1NC(=O)CNC(=O)C2Cc3c([nH]c4cc(OCCCCCCNC(=O)OC(C)(C)C)ccc34)[S+]([O-])CC(NC(=O)CNC1=O)C(=O)N[C@@H](CC(N)=O)C(=O)N1C[C@H](O)C[C@H]1C(=O)N[C@@H]([C@@H](C)[C@@H](O)CO)C(=O)N2. The van der Waals surface area contributed by atoms with Crippen LogP contribution in [0.2, 0.25) is 0 Å². The molecule has 0 spiro atoms. The quantitative estimate of drug-likeness (QED) is 0.0618. The van der Waals surface area contributed by atoms with Crippen molar-refractivity contribution < 1.29 is 77.3 Å². The van der Waals surface area contributed by atoms with Crippen molar-refractivity contribution in [3.8, 4) is 5.75 Å². The number of hydrogen-bond acceptors (Lipinski definition) is 16. The Balaban J connectivity index is 1.62. The minimum Gasteiger partial charge on any atom is -0.610 e. The van der Waals surface area contributed by atoms with Crippen molar-refractivity contribution in [3.05, 3.63) is 23.8 Å². The van der Waals surface area contributed by atoms with Crippen molar-refractivity contribution in [2.24, 2.45) is 17.6 Å². The molecule has 28 heteroatoms. The summed E-state index contributed by atoms with van der Waals surface area (Å²) in [5, 5.41) is 52.0. The fourth-order valence-electron chi connectivity index (χ4n) is 9.06. The Labute approximate surface area is 453 Å². The third kappa shape index (κ3) is 17.4. The number of aliphatic hydroxyl groups is 3. The molecule has 78 heavy (non-hydrogen) atoms. The number of alkyl carbamates (subject to hydrolysis) is 1. The number of nitrogens with zero attached hydrogens (tertiary/aromatic N) is 1. The van der Waals surface area contributed by atoms with Gasteiger partial charge >= 0.3 is 6.09 Å². The Morgan fingerprint density at radius 2 is 1.55 bits per heavy atom. The highest BCUT2D eigenvalue weighted by Crippen LogP contribution is 2.32. The molecule has 0 radical (unpaired) electrons. The third-order valence-electron chi connectivity index (χ3n) is 13.5. The van der Waals surface area contributed by atoms with Crippen LogP contribution >= 0.6 is 0 Å². The number of amides is 10. The van der Waals surface area contributed by atoms with E-state index in [9.17, 15) is 67.8 Å². The third-order valence-corrected chi connectivity index (χ3v) is 15.0. The number of rotatable bonds is 15. The molecule has 3 unspecified atom stereocenters. The van der Waals surface area contributed by atoms with E-state index in [0.717, 1.165) is 17.7 Å². The van der Waals surface area contributed by atoms with Crippen molar-refractivity contribution >= 4 is 81.3 Å². The molecule has 2 aromatic rings. The van der Waals surface area contributed by atoms with Gasteiger partial charge in [0.25, 0.3) is 0 Å². The molecule has 14 N–H and O–H groups in total. The number of nitrogens with one attached hydrogen (secondary N) is 9. The van der Waals surface area contributed by atoms with Gasteiger partial charge < -0.3 is 87.5 Å². The van der Waals surface area contributed by atoms with Crippen LogP contribution in [0.4, 0.5) is 4.79 Å². The fourth-order valence-corrected chi connectivity index (χ4v) is 10.5. The molecule has 3 aliphatic rings. The maximum Gasteiger partial charge on any atom is 0.407 e. The van der Waals surface area contributed by atoms with Crippen molar-refractivity contribution in [1.82, 2.24) is 52.4 Å². The van der Waals surface area contributed by atoms with E-state index in [1.165, 1.54) is 6.92 Å². The first-order valence-corrected chi connectivity index (χ1v) is 27.4. The van der Waals surface area contributed by atoms with Crippen molar-refractivity contribution in [3.63, 3.8) is 0 Å². The molecule has 1 aromatic carbocycles. The van der Waals surface area contributed by atoms with E-state index >= 15 is 0 Å². The van der Waals surface area contributed by atoms with Crippen LogP contribution in [0.3, 0.4) is 0 Å². The maximum absolute atomic E-state index is 15.0. The average molecular weight is 1120 g/mol. The summed E-state index contributed by atoms with van der Waals surface area (Å²) in [6.45, 7) is 7.77. The van der Waals surface area contributed by atoms with Crippen LogP contribution in [0, 0.1) is 11.8 Å². The molecule has 0 aliphatic carbocycles. The predicted molar refractivity (Wildman–Crippen MR) is 279 cm³/mol. The number of aromatic nitrogens is 1. The molecule has 1 fully saturated rings. The summed E-state index contributed by atoms with van der Waals surface area (Å²) in [5.41, 5.74) is 5.35. The zero-order valence-electron chi connectivity index (χ0n) is 44.7. The number of fused-ring (bicyclic) bond motifs is 5. The van der Waals surface area contributed by atoms with Gasteiger partial charge in [0.05, 0.1) is 50.4 Å². The maximum atomic E-state index is 15.0. The highest BCUT2D eigenvalue weighted by molar-refractivity contribution is 7.91. The molecule has 432 valence electrons. The molecule has 4 heterocycles. The smallest absolute Gasteiger partial charge is 0.407 e. The lowest BCUT2D eigenvalue weighted by molar-refractivity contribution is -0.144. The van der Waals surface area contributed by atoms with Gasteiger partial charge in [-0.3, -0.25) is 43.2 Å². The van der Waals surface area contributed by atoms with Crippen molar-refractivity contribution in [1.29, 1.82) is 0 Å². The van der Waals surface area contributed by atoms with Crippen LogP contribution in [-0.4, -0.2) is 188 Å². The van der Waals surface area contributed by atoms with Gasteiger partial charge in [0.1, 0.15) is 47.3 Å². The Hall–Kier alpha value is -6.75. The first-order chi connectivity index (χ1) is 36.8. The fraction of sp³-hybridized carbons (Fsp3) is 0.640. The van der Waals surface area contributed by atoms with E-state index in [4.69, 9.17) is 15.2 Å². The van der Waals surface area contributed by atoms with Gasteiger partial charge in [0.15, 0.2) is 6.04 Å². The van der Waals surface area contributed by atoms with Gasteiger partial charge in [-0.05, 0) is 51.7 Å². The number of aliphatic hydroxyl groups excluding tert-OH is 3. The monoisotopic (exact) mass is 1120 g/mol. The van der Waals surface area contributed by atoms with Gasteiger partial charge in [0, 0.05) is 60.0 Å². The topological polar surface area (TPSA) is 414 Å². The van der Waals surface area contributed by atoms with Gasteiger partial charge in [-0.2, -0.15) is 0 Å². The van der Waals surface area contributed by atoms with Gasteiger partial charge in [0.2, 0.25) is 58.2 Å². The number of H-pyrrole nitrogens is 1. The molecular weight excluding hydrogens is 1040 g/mol. The number of ether oxygens (including phenoxy) is 2.